The van der Waals surface area contributed by atoms with Crippen LogP contribution in [0.5, 0.6) is 0 Å². The van der Waals surface area contributed by atoms with Gasteiger partial charge in [-0.25, -0.2) is 8.42 Å². The Kier molecular flexibility index (Phi) is 6.42. The van der Waals surface area contributed by atoms with Crippen LogP contribution in [-0.2, 0) is 21.2 Å². The highest BCUT2D eigenvalue weighted by molar-refractivity contribution is 7.89. The van der Waals surface area contributed by atoms with E-state index in [9.17, 15) is 13.2 Å². The van der Waals surface area contributed by atoms with E-state index in [2.05, 4.69) is 5.32 Å². The van der Waals surface area contributed by atoms with Crippen molar-refractivity contribution < 1.29 is 13.2 Å². The Morgan fingerprint density at radius 3 is 2.30 bits per heavy atom. The quantitative estimate of drug-likeness (QED) is 0.772. The SMILES string of the molecule is O=C(Cc1ccc(S(=O)(=O)N2CCCCC2)cc1)Nc1ccc(Cl)cc1Cl. The molecule has 5 nitrogen and oxygen atoms in total. The van der Waals surface area contributed by atoms with Gasteiger partial charge in [0.05, 0.1) is 22.0 Å². The zero-order valence-electron chi connectivity index (χ0n) is 14.6. The van der Waals surface area contributed by atoms with Crippen molar-refractivity contribution in [1.29, 1.82) is 0 Å². The Morgan fingerprint density at radius 1 is 1.00 bits per heavy atom. The lowest BCUT2D eigenvalue weighted by atomic mass is 10.1. The molecule has 1 saturated heterocycles. The second kappa shape index (κ2) is 8.61. The molecule has 144 valence electrons. The number of nitrogens with zero attached hydrogens (tertiary/aromatic N) is 1. The summed E-state index contributed by atoms with van der Waals surface area (Å²) < 4.78 is 26.8. The Morgan fingerprint density at radius 2 is 1.67 bits per heavy atom. The first kappa shape index (κ1) is 20.1. The normalized spacial score (nSPS) is 15.5. The molecule has 1 amide bonds. The zero-order valence-corrected chi connectivity index (χ0v) is 16.9. The average molecular weight is 427 g/mol. The van der Waals surface area contributed by atoms with Crippen LogP contribution in [0.15, 0.2) is 47.4 Å². The molecule has 2 aromatic carbocycles. The van der Waals surface area contributed by atoms with Crippen molar-refractivity contribution in [3.05, 3.63) is 58.1 Å². The molecule has 1 aliphatic heterocycles. The third-order valence-electron chi connectivity index (χ3n) is 4.45. The molecule has 1 aliphatic rings. The Balaban J connectivity index is 1.65. The highest BCUT2D eigenvalue weighted by atomic mass is 35.5. The highest BCUT2D eigenvalue weighted by Gasteiger charge is 2.25. The van der Waals surface area contributed by atoms with Gasteiger partial charge in [0, 0.05) is 18.1 Å². The molecule has 0 aromatic heterocycles. The van der Waals surface area contributed by atoms with Crippen molar-refractivity contribution in [2.75, 3.05) is 18.4 Å². The van der Waals surface area contributed by atoms with Gasteiger partial charge in [-0.3, -0.25) is 4.79 Å². The van der Waals surface area contributed by atoms with Crippen LogP contribution >= 0.6 is 23.2 Å². The first-order valence-electron chi connectivity index (χ1n) is 8.70. The number of amides is 1. The minimum absolute atomic E-state index is 0.114. The van der Waals surface area contributed by atoms with Crippen LogP contribution in [0.25, 0.3) is 0 Å². The summed E-state index contributed by atoms with van der Waals surface area (Å²) in [4.78, 5) is 12.5. The van der Waals surface area contributed by atoms with Gasteiger partial charge >= 0.3 is 0 Å². The third-order valence-corrected chi connectivity index (χ3v) is 6.91. The summed E-state index contributed by atoms with van der Waals surface area (Å²) >= 11 is 11.9. The second-order valence-corrected chi connectivity index (χ2v) is 9.24. The summed E-state index contributed by atoms with van der Waals surface area (Å²) in [6.07, 6.45) is 2.97. The standard InChI is InChI=1S/C19H20Cl2N2O3S/c20-15-6-9-18(17(21)13-15)22-19(24)12-14-4-7-16(8-5-14)27(25,26)23-10-2-1-3-11-23/h4-9,13H,1-3,10-12H2,(H,22,24). The van der Waals surface area contributed by atoms with Crippen LogP contribution in [-0.4, -0.2) is 31.7 Å². The molecule has 0 saturated carbocycles. The van der Waals surface area contributed by atoms with Gasteiger partial charge < -0.3 is 5.32 Å². The number of rotatable bonds is 5. The van der Waals surface area contributed by atoms with Crippen LogP contribution < -0.4 is 5.32 Å². The number of anilines is 1. The molecule has 27 heavy (non-hydrogen) atoms. The lowest BCUT2D eigenvalue weighted by Crippen LogP contribution is -2.35. The van der Waals surface area contributed by atoms with E-state index in [-0.39, 0.29) is 17.2 Å². The molecular weight excluding hydrogens is 407 g/mol. The Hall–Kier alpha value is -1.60. The Bertz CT molecular complexity index is 924. The number of carbonyl (C=O) groups excluding carboxylic acids is 1. The number of nitrogens with one attached hydrogen (secondary N) is 1. The van der Waals surface area contributed by atoms with Crippen LogP contribution in [0.3, 0.4) is 0 Å². The lowest BCUT2D eigenvalue weighted by Gasteiger charge is -2.25. The molecule has 8 heteroatoms. The number of hydrogen-bond acceptors (Lipinski definition) is 3. The number of hydrogen-bond donors (Lipinski definition) is 1. The topological polar surface area (TPSA) is 66.5 Å². The molecule has 2 aromatic rings. The fraction of sp³-hybridized carbons (Fsp3) is 0.316. The van der Waals surface area contributed by atoms with Crippen LogP contribution in [0.4, 0.5) is 5.69 Å². The van der Waals surface area contributed by atoms with Crippen molar-refractivity contribution in [2.45, 2.75) is 30.6 Å². The van der Waals surface area contributed by atoms with Gasteiger partial charge in [-0.05, 0) is 48.7 Å². The minimum Gasteiger partial charge on any atom is -0.324 e. The number of benzene rings is 2. The number of halogens is 2. The van der Waals surface area contributed by atoms with Gasteiger partial charge in [0.15, 0.2) is 0 Å². The predicted molar refractivity (Wildman–Crippen MR) is 108 cm³/mol. The largest absolute Gasteiger partial charge is 0.324 e. The fourth-order valence-corrected chi connectivity index (χ4v) is 4.98. The number of carbonyl (C=O) groups is 1. The maximum absolute atomic E-state index is 12.6. The predicted octanol–water partition coefficient (Wildman–Crippen LogP) is 4.35. The maximum atomic E-state index is 12.6. The molecule has 1 fully saturated rings. The number of piperidine rings is 1. The van der Waals surface area contributed by atoms with E-state index in [1.165, 1.54) is 4.31 Å². The van der Waals surface area contributed by atoms with Crippen molar-refractivity contribution in [3.63, 3.8) is 0 Å². The van der Waals surface area contributed by atoms with Gasteiger partial charge in [0.2, 0.25) is 15.9 Å². The molecule has 3 rings (SSSR count). The summed E-state index contributed by atoms with van der Waals surface area (Å²) in [6, 6.07) is 11.3. The molecule has 1 N–H and O–H groups in total. The van der Waals surface area contributed by atoms with Gasteiger partial charge in [-0.1, -0.05) is 41.8 Å². The van der Waals surface area contributed by atoms with Crippen LogP contribution in [0.1, 0.15) is 24.8 Å². The Labute approximate surface area is 169 Å². The highest BCUT2D eigenvalue weighted by Crippen LogP contribution is 2.26. The molecule has 0 radical (unpaired) electrons. The summed E-state index contributed by atoms with van der Waals surface area (Å²) in [5.74, 6) is -0.245. The molecule has 0 aliphatic carbocycles. The van der Waals surface area contributed by atoms with Crippen LogP contribution in [0, 0.1) is 0 Å². The third kappa shape index (κ3) is 5.02. The smallest absolute Gasteiger partial charge is 0.243 e. The van der Waals surface area contributed by atoms with E-state index >= 15 is 0 Å². The fourth-order valence-electron chi connectivity index (χ4n) is 3.00. The van der Waals surface area contributed by atoms with Gasteiger partial charge in [-0.2, -0.15) is 4.31 Å². The second-order valence-electron chi connectivity index (χ2n) is 6.46. The van der Waals surface area contributed by atoms with E-state index in [4.69, 9.17) is 23.2 Å². The van der Waals surface area contributed by atoms with E-state index in [0.717, 1.165) is 24.8 Å². The lowest BCUT2D eigenvalue weighted by molar-refractivity contribution is -0.115. The van der Waals surface area contributed by atoms with Gasteiger partial charge in [-0.15, -0.1) is 0 Å². The van der Waals surface area contributed by atoms with E-state index in [0.29, 0.717) is 28.8 Å². The van der Waals surface area contributed by atoms with Crippen LogP contribution in [0.2, 0.25) is 10.0 Å². The summed E-state index contributed by atoms with van der Waals surface area (Å²) in [5.41, 5.74) is 1.20. The average Bonchev–Trinajstić information content (AvgIpc) is 2.65. The van der Waals surface area contributed by atoms with Crippen molar-refractivity contribution in [2.24, 2.45) is 0 Å². The molecule has 0 bridgehead atoms. The first-order valence-corrected chi connectivity index (χ1v) is 10.9. The van der Waals surface area contributed by atoms with Crippen molar-refractivity contribution in [3.8, 4) is 0 Å². The van der Waals surface area contributed by atoms with E-state index in [1.807, 2.05) is 0 Å². The summed E-state index contributed by atoms with van der Waals surface area (Å²) in [6.45, 7) is 1.13. The molecule has 0 spiro atoms. The van der Waals surface area contributed by atoms with E-state index in [1.54, 1.807) is 42.5 Å². The summed E-state index contributed by atoms with van der Waals surface area (Å²) in [5, 5.41) is 3.58. The summed E-state index contributed by atoms with van der Waals surface area (Å²) in [7, 11) is -3.46. The molecule has 0 unspecified atom stereocenters. The maximum Gasteiger partial charge on any atom is 0.243 e. The minimum atomic E-state index is -3.46. The van der Waals surface area contributed by atoms with E-state index < -0.39 is 10.0 Å². The molecule has 1 heterocycles. The molecule has 0 atom stereocenters. The zero-order chi connectivity index (χ0) is 19.4. The van der Waals surface area contributed by atoms with Gasteiger partial charge in [0.25, 0.3) is 0 Å². The first-order chi connectivity index (χ1) is 12.9. The van der Waals surface area contributed by atoms with Crippen molar-refractivity contribution >= 4 is 44.8 Å². The van der Waals surface area contributed by atoms with Crippen molar-refractivity contribution in [1.82, 2.24) is 4.31 Å². The number of sulfonamides is 1. The van der Waals surface area contributed by atoms with Gasteiger partial charge in [0.1, 0.15) is 0 Å². The molecular formula is C19H20Cl2N2O3S. The monoisotopic (exact) mass is 426 g/mol.